The Hall–Kier alpha value is -0.570. The third-order valence-electron chi connectivity index (χ3n) is 2.86. The van der Waals surface area contributed by atoms with Crippen molar-refractivity contribution in [1.29, 1.82) is 0 Å². The standard InChI is InChI=1S/C12H23NO2/c1-9(2)8-11(13)12(14)15-10-6-4-3-5-7-10/h9-11H,3-8,13H2,1-2H3/t11-/m0/s1. The maximum absolute atomic E-state index is 11.6. The van der Waals surface area contributed by atoms with Crippen molar-refractivity contribution in [2.75, 3.05) is 0 Å². The van der Waals surface area contributed by atoms with Gasteiger partial charge in [0.1, 0.15) is 12.1 Å². The molecule has 0 aromatic rings. The van der Waals surface area contributed by atoms with Gasteiger partial charge in [0.25, 0.3) is 0 Å². The lowest BCUT2D eigenvalue weighted by Gasteiger charge is -2.23. The zero-order valence-electron chi connectivity index (χ0n) is 9.87. The van der Waals surface area contributed by atoms with Gasteiger partial charge in [-0.25, -0.2) is 0 Å². The fourth-order valence-corrected chi connectivity index (χ4v) is 2.04. The second-order valence-corrected chi connectivity index (χ2v) is 4.93. The zero-order valence-corrected chi connectivity index (χ0v) is 9.87. The van der Waals surface area contributed by atoms with E-state index in [1.807, 2.05) is 0 Å². The van der Waals surface area contributed by atoms with Crippen molar-refractivity contribution < 1.29 is 9.53 Å². The topological polar surface area (TPSA) is 52.3 Å². The number of rotatable bonds is 4. The molecule has 0 unspecified atom stereocenters. The third kappa shape index (κ3) is 4.65. The van der Waals surface area contributed by atoms with E-state index in [9.17, 15) is 4.79 Å². The Labute approximate surface area is 92.4 Å². The molecule has 2 N–H and O–H groups in total. The summed E-state index contributed by atoms with van der Waals surface area (Å²) in [4.78, 5) is 11.6. The van der Waals surface area contributed by atoms with Gasteiger partial charge >= 0.3 is 5.97 Å². The molecular weight excluding hydrogens is 190 g/mol. The van der Waals surface area contributed by atoms with E-state index in [4.69, 9.17) is 10.5 Å². The predicted octanol–water partition coefficient (Wildman–Crippen LogP) is 2.24. The Balaban J connectivity index is 2.27. The van der Waals surface area contributed by atoms with Gasteiger partial charge in [0.15, 0.2) is 0 Å². The Kier molecular flexibility index (Phi) is 5.09. The monoisotopic (exact) mass is 213 g/mol. The maximum Gasteiger partial charge on any atom is 0.323 e. The highest BCUT2D eigenvalue weighted by atomic mass is 16.5. The second-order valence-electron chi connectivity index (χ2n) is 4.93. The molecular formula is C12H23NO2. The SMILES string of the molecule is CC(C)C[C@H](N)C(=O)OC1CCCCC1. The lowest BCUT2D eigenvalue weighted by Crippen LogP contribution is -2.36. The number of hydrogen-bond acceptors (Lipinski definition) is 3. The minimum absolute atomic E-state index is 0.129. The fourth-order valence-electron chi connectivity index (χ4n) is 2.04. The van der Waals surface area contributed by atoms with E-state index in [1.54, 1.807) is 0 Å². The van der Waals surface area contributed by atoms with Crippen LogP contribution in [0.4, 0.5) is 0 Å². The number of hydrogen-bond donors (Lipinski definition) is 1. The van der Waals surface area contributed by atoms with Crippen LogP contribution < -0.4 is 5.73 Å². The van der Waals surface area contributed by atoms with Crippen LogP contribution in [0, 0.1) is 5.92 Å². The van der Waals surface area contributed by atoms with Crippen molar-refractivity contribution in [2.24, 2.45) is 11.7 Å². The fraction of sp³-hybridized carbons (Fsp3) is 0.917. The number of carbonyl (C=O) groups is 1. The van der Waals surface area contributed by atoms with Crippen LogP contribution in [-0.2, 0) is 9.53 Å². The van der Waals surface area contributed by atoms with Crippen LogP contribution in [0.2, 0.25) is 0 Å². The highest BCUT2D eigenvalue weighted by molar-refractivity contribution is 5.75. The van der Waals surface area contributed by atoms with Crippen molar-refractivity contribution in [3.05, 3.63) is 0 Å². The number of esters is 1. The van der Waals surface area contributed by atoms with Crippen molar-refractivity contribution in [3.8, 4) is 0 Å². The van der Waals surface area contributed by atoms with Crippen molar-refractivity contribution in [3.63, 3.8) is 0 Å². The molecule has 0 heterocycles. The molecule has 15 heavy (non-hydrogen) atoms. The highest BCUT2D eigenvalue weighted by Crippen LogP contribution is 2.21. The minimum Gasteiger partial charge on any atom is -0.461 e. The van der Waals surface area contributed by atoms with Gasteiger partial charge in [-0.2, -0.15) is 0 Å². The molecule has 0 radical (unpaired) electrons. The molecule has 0 aromatic carbocycles. The van der Waals surface area contributed by atoms with Crippen molar-refractivity contribution >= 4 is 5.97 Å². The van der Waals surface area contributed by atoms with Gasteiger partial charge in [-0.3, -0.25) is 4.79 Å². The van der Waals surface area contributed by atoms with Gasteiger partial charge in [0, 0.05) is 0 Å². The van der Waals surface area contributed by atoms with Gasteiger partial charge in [-0.05, 0) is 38.0 Å². The van der Waals surface area contributed by atoms with Crippen molar-refractivity contribution in [1.82, 2.24) is 0 Å². The first kappa shape index (κ1) is 12.5. The van der Waals surface area contributed by atoms with Gasteiger partial charge in [-0.15, -0.1) is 0 Å². The van der Waals surface area contributed by atoms with E-state index in [0.717, 1.165) is 12.8 Å². The largest absolute Gasteiger partial charge is 0.461 e. The Morgan fingerprint density at radius 2 is 1.93 bits per heavy atom. The van der Waals surface area contributed by atoms with Crippen LogP contribution in [0.3, 0.4) is 0 Å². The zero-order chi connectivity index (χ0) is 11.3. The molecule has 3 nitrogen and oxygen atoms in total. The second kappa shape index (κ2) is 6.11. The van der Waals surface area contributed by atoms with Crippen LogP contribution in [0.25, 0.3) is 0 Å². The summed E-state index contributed by atoms with van der Waals surface area (Å²) in [5.41, 5.74) is 5.76. The lowest BCUT2D eigenvalue weighted by atomic mass is 9.97. The molecule has 1 fully saturated rings. The summed E-state index contributed by atoms with van der Waals surface area (Å²) < 4.78 is 5.39. The van der Waals surface area contributed by atoms with E-state index in [2.05, 4.69) is 13.8 Å². The van der Waals surface area contributed by atoms with Gasteiger partial charge in [-0.1, -0.05) is 20.3 Å². The van der Waals surface area contributed by atoms with E-state index < -0.39 is 6.04 Å². The molecule has 1 saturated carbocycles. The normalized spacial score (nSPS) is 20.3. The van der Waals surface area contributed by atoms with Gasteiger partial charge < -0.3 is 10.5 Å². The summed E-state index contributed by atoms with van der Waals surface area (Å²) in [6.45, 7) is 4.13. The molecule has 1 rings (SSSR count). The summed E-state index contributed by atoms with van der Waals surface area (Å²) in [5, 5.41) is 0. The van der Waals surface area contributed by atoms with E-state index >= 15 is 0 Å². The summed E-state index contributed by atoms with van der Waals surface area (Å²) in [5.74, 6) is 0.231. The molecule has 0 bridgehead atoms. The van der Waals surface area contributed by atoms with Crippen LogP contribution in [0.15, 0.2) is 0 Å². The molecule has 0 amide bonds. The lowest BCUT2D eigenvalue weighted by molar-refractivity contribution is -0.152. The summed E-state index contributed by atoms with van der Waals surface area (Å²) in [7, 11) is 0. The first-order chi connectivity index (χ1) is 7.09. The summed E-state index contributed by atoms with van der Waals surface area (Å²) in [6, 6.07) is -0.438. The molecule has 3 heteroatoms. The smallest absolute Gasteiger partial charge is 0.323 e. The summed E-state index contributed by atoms with van der Waals surface area (Å²) >= 11 is 0. The predicted molar refractivity (Wildman–Crippen MR) is 60.4 cm³/mol. The van der Waals surface area contributed by atoms with E-state index in [-0.39, 0.29) is 12.1 Å². The quantitative estimate of drug-likeness (QED) is 0.729. The molecule has 0 spiro atoms. The molecule has 1 aliphatic carbocycles. The molecule has 0 saturated heterocycles. The van der Waals surface area contributed by atoms with Crippen LogP contribution in [0.1, 0.15) is 52.4 Å². The van der Waals surface area contributed by atoms with E-state index in [0.29, 0.717) is 12.3 Å². The molecule has 0 aliphatic heterocycles. The average molecular weight is 213 g/mol. The Morgan fingerprint density at radius 3 is 2.47 bits per heavy atom. The molecule has 1 atom stereocenters. The van der Waals surface area contributed by atoms with Crippen LogP contribution in [-0.4, -0.2) is 18.1 Å². The Morgan fingerprint density at radius 1 is 1.33 bits per heavy atom. The molecule has 1 aliphatic rings. The first-order valence-electron chi connectivity index (χ1n) is 6.05. The molecule has 88 valence electrons. The van der Waals surface area contributed by atoms with Crippen LogP contribution in [0.5, 0.6) is 0 Å². The molecule has 0 aromatic heterocycles. The van der Waals surface area contributed by atoms with E-state index in [1.165, 1.54) is 19.3 Å². The maximum atomic E-state index is 11.6. The highest BCUT2D eigenvalue weighted by Gasteiger charge is 2.22. The average Bonchev–Trinajstić information content (AvgIpc) is 2.18. The number of ether oxygens (including phenoxy) is 1. The van der Waals surface area contributed by atoms with Crippen molar-refractivity contribution in [2.45, 2.75) is 64.5 Å². The summed E-state index contributed by atoms with van der Waals surface area (Å²) in [6.07, 6.45) is 6.50. The van der Waals surface area contributed by atoms with Gasteiger partial charge in [0.2, 0.25) is 0 Å². The van der Waals surface area contributed by atoms with Gasteiger partial charge in [0.05, 0.1) is 0 Å². The number of nitrogens with two attached hydrogens (primary N) is 1. The van der Waals surface area contributed by atoms with Crippen LogP contribution >= 0.6 is 0 Å². The first-order valence-corrected chi connectivity index (χ1v) is 6.05. The third-order valence-corrected chi connectivity index (χ3v) is 2.86. The number of carbonyl (C=O) groups excluding carboxylic acids is 1. The minimum atomic E-state index is -0.438. The Bertz CT molecular complexity index is 198.